The van der Waals surface area contributed by atoms with Crippen molar-refractivity contribution < 1.29 is 14.4 Å². The Hall–Kier alpha value is -3.09. The molecule has 1 N–H and O–H groups in total. The third-order valence-corrected chi connectivity index (χ3v) is 7.88. The largest absolute Gasteiger partial charge is 0.352 e. The van der Waals surface area contributed by atoms with Crippen LogP contribution < -0.4 is 10.2 Å². The molecule has 38 heavy (non-hydrogen) atoms. The average molecular weight is 555 g/mol. The number of carbonyl (C=O) groups excluding carboxylic acids is 3. The van der Waals surface area contributed by atoms with Crippen LogP contribution in [0, 0.1) is 0 Å². The van der Waals surface area contributed by atoms with E-state index in [1.165, 1.54) is 0 Å². The molecule has 0 aliphatic carbocycles. The topological polar surface area (TPSA) is 69.7 Å². The van der Waals surface area contributed by atoms with Crippen LogP contribution in [0.15, 0.2) is 54.6 Å². The summed E-state index contributed by atoms with van der Waals surface area (Å²) in [5, 5.41) is 5.83. The van der Waals surface area contributed by atoms with Crippen LogP contribution in [0.2, 0.25) is 10.0 Å². The first kappa shape index (κ1) is 27.9. The lowest BCUT2D eigenvalue weighted by atomic mass is 10.1. The predicted octanol–water partition coefficient (Wildman–Crippen LogP) is 6.61. The minimum Gasteiger partial charge on any atom is -0.352 e. The monoisotopic (exact) mass is 553 g/mol. The zero-order chi connectivity index (χ0) is 27.4. The third-order valence-electron chi connectivity index (χ3n) is 7.15. The van der Waals surface area contributed by atoms with E-state index in [0.29, 0.717) is 35.0 Å². The molecule has 0 saturated carbocycles. The van der Waals surface area contributed by atoms with Crippen LogP contribution in [-0.4, -0.2) is 41.2 Å². The summed E-state index contributed by atoms with van der Waals surface area (Å²) in [5.74, 6) is -0.368. The lowest BCUT2D eigenvalue weighted by Gasteiger charge is -2.32. The van der Waals surface area contributed by atoms with Gasteiger partial charge < -0.3 is 15.1 Å². The summed E-state index contributed by atoms with van der Waals surface area (Å²) in [7, 11) is 0. The van der Waals surface area contributed by atoms with E-state index in [1.54, 1.807) is 21.9 Å². The molecule has 0 aromatic heterocycles. The smallest absolute Gasteiger partial charge is 0.258 e. The van der Waals surface area contributed by atoms with Crippen molar-refractivity contribution in [2.24, 2.45) is 0 Å². The third kappa shape index (κ3) is 5.82. The number of hydrogen-bond donors (Lipinski definition) is 1. The number of anilines is 1. The van der Waals surface area contributed by atoms with Gasteiger partial charge in [-0.15, -0.1) is 0 Å². The van der Waals surface area contributed by atoms with Gasteiger partial charge in [-0.3, -0.25) is 14.4 Å². The number of nitrogens with zero attached hydrogens (tertiary/aromatic N) is 2. The highest BCUT2D eigenvalue weighted by Gasteiger charge is 2.31. The fraction of sp³-hybridized carbons (Fsp3) is 0.367. The van der Waals surface area contributed by atoms with Crippen LogP contribution >= 0.6 is 23.2 Å². The highest BCUT2D eigenvalue weighted by molar-refractivity contribution is 6.42. The number of halogens is 2. The number of nitrogens with one attached hydrogen (secondary N) is 1. The minimum atomic E-state index is -0.627. The molecule has 1 heterocycles. The first-order valence-corrected chi connectivity index (χ1v) is 13.9. The number of benzene rings is 3. The molecule has 0 spiro atoms. The van der Waals surface area contributed by atoms with Crippen LogP contribution in [0.3, 0.4) is 0 Å². The Morgan fingerprint density at radius 3 is 2.42 bits per heavy atom. The van der Waals surface area contributed by atoms with Gasteiger partial charge in [0.1, 0.15) is 6.04 Å². The van der Waals surface area contributed by atoms with E-state index in [1.807, 2.05) is 63.2 Å². The standard InChI is InChI=1S/C30H33Cl2N3O3/c1-4-19(3)33-29(37)25(5-2)35(18-20-14-15-23(31)24(32)17-20)27(36)13-8-16-34-26-12-7-10-21-9-6-11-22(28(21)26)30(34)38/h6-7,9-12,14-15,17,19,25H,4-5,8,13,16,18H2,1-3H3,(H,33,37)/t19-,25-/m1/s1. The van der Waals surface area contributed by atoms with Gasteiger partial charge in [-0.05, 0) is 61.4 Å². The summed E-state index contributed by atoms with van der Waals surface area (Å²) in [6, 6.07) is 16.2. The van der Waals surface area contributed by atoms with E-state index < -0.39 is 6.04 Å². The molecule has 6 nitrogen and oxygen atoms in total. The van der Waals surface area contributed by atoms with Gasteiger partial charge in [0.15, 0.2) is 0 Å². The van der Waals surface area contributed by atoms with Crippen LogP contribution in [0.4, 0.5) is 5.69 Å². The summed E-state index contributed by atoms with van der Waals surface area (Å²) in [6.45, 7) is 6.49. The number of rotatable bonds is 11. The fourth-order valence-corrected chi connectivity index (χ4v) is 5.25. The van der Waals surface area contributed by atoms with Crippen LogP contribution in [0.1, 0.15) is 62.4 Å². The van der Waals surface area contributed by atoms with Crippen molar-refractivity contribution in [3.05, 3.63) is 75.8 Å². The minimum absolute atomic E-state index is 0.00370. The maximum Gasteiger partial charge on any atom is 0.258 e. The summed E-state index contributed by atoms with van der Waals surface area (Å²) >= 11 is 12.3. The maximum absolute atomic E-state index is 13.6. The summed E-state index contributed by atoms with van der Waals surface area (Å²) in [5.41, 5.74) is 2.36. The van der Waals surface area contributed by atoms with Gasteiger partial charge in [0.25, 0.3) is 5.91 Å². The highest BCUT2D eigenvalue weighted by atomic mass is 35.5. The molecule has 3 aromatic carbocycles. The Labute approximate surface area is 233 Å². The molecule has 4 rings (SSSR count). The first-order chi connectivity index (χ1) is 18.2. The van der Waals surface area contributed by atoms with Crippen molar-refractivity contribution in [1.82, 2.24) is 10.2 Å². The van der Waals surface area contributed by atoms with E-state index in [2.05, 4.69) is 5.32 Å². The Morgan fingerprint density at radius 2 is 1.74 bits per heavy atom. The molecular formula is C30H33Cl2N3O3. The quantitative estimate of drug-likeness (QED) is 0.290. The van der Waals surface area contributed by atoms with Gasteiger partial charge in [-0.2, -0.15) is 0 Å². The molecule has 0 radical (unpaired) electrons. The van der Waals surface area contributed by atoms with Crippen molar-refractivity contribution in [2.45, 2.75) is 65.1 Å². The van der Waals surface area contributed by atoms with E-state index in [9.17, 15) is 14.4 Å². The van der Waals surface area contributed by atoms with Crippen LogP contribution in [0.25, 0.3) is 10.8 Å². The van der Waals surface area contributed by atoms with Crippen molar-refractivity contribution in [3.8, 4) is 0 Å². The SMILES string of the molecule is CC[C@@H](C)NC(=O)[C@@H](CC)N(Cc1ccc(Cl)c(Cl)c1)C(=O)CCCN1C(=O)c2cccc3cccc1c23. The molecule has 0 saturated heterocycles. The molecule has 2 atom stereocenters. The van der Waals surface area contributed by atoms with E-state index in [-0.39, 0.29) is 36.7 Å². The van der Waals surface area contributed by atoms with E-state index in [4.69, 9.17) is 23.2 Å². The molecule has 1 aliphatic heterocycles. The van der Waals surface area contributed by atoms with Crippen molar-refractivity contribution in [1.29, 1.82) is 0 Å². The molecule has 0 bridgehead atoms. The second-order valence-corrected chi connectivity index (χ2v) is 10.6. The lowest BCUT2D eigenvalue weighted by molar-refractivity contribution is -0.141. The van der Waals surface area contributed by atoms with E-state index in [0.717, 1.165) is 28.4 Å². The first-order valence-electron chi connectivity index (χ1n) is 13.1. The molecular weight excluding hydrogens is 521 g/mol. The van der Waals surface area contributed by atoms with Gasteiger partial charge >= 0.3 is 0 Å². The van der Waals surface area contributed by atoms with Crippen molar-refractivity contribution >= 4 is 57.4 Å². The number of amides is 3. The van der Waals surface area contributed by atoms with Crippen molar-refractivity contribution in [2.75, 3.05) is 11.4 Å². The molecule has 3 aromatic rings. The Bertz CT molecular complexity index is 1350. The molecule has 200 valence electrons. The predicted molar refractivity (Wildman–Crippen MR) is 154 cm³/mol. The summed E-state index contributed by atoms with van der Waals surface area (Å²) < 4.78 is 0. The average Bonchev–Trinajstić information content (AvgIpc) is 3.18. The van der Waals surface area contributed by atoms with Crippen LogP contribution in [0.5, 0.6) is 0 Å². The Morgan fingerprint density at radius 1 is 1.00 bits per heavy atom. The zero-order valence-electron chi connectivity index (χ0n) is 22.0. The van der Waals surface area contributed by atoms with Gasteiger partial charge in [0.2, 0.25) is 11.8 Å². The number of carbonyl (C=O) groups is 3. The van der Waals surface area contributed by atoms with Gasteiger partial charge in [0.05, 0.1) is 15.7 Å². The summed E-state index contributed by atoms with van der Waals surface area (Å²) in [6.07, 6.45) is 1.93. The van der Waals surface area contributed by atoms with Gasteiger partial charge in [-0.25, -0.2) is 0 Å². The maximum atomic E-state index is 13.6. The molecule has 0 fully saturated rings. The molecule has 0 unspecified atom stereocenters. The molecule has 1 aliphatic rings. The van der Waals surface area contributed by atoms with Gasteiger partial charge in [0, 0.05) is 36.5 Å². The Balaban J connectivity index is 1.50. The van der Waals surface area contributed by atoms with E-state index >= 15 is 0 Å². The van der Waals surface area contributed by atoms with Gasteiger partial charge in [-0.1, -0.05) is 67.4 Å². The second-order valence-electron chi connectivity index (χ2n) is 9.75. The molecule has 3 amide bonds. The fourth-order valence-electron chi connectivity index (χ4n) is 4.93. The summed E-state index contributed by atoms with van der Waals surface area (Å²) in [4.78, 5) is 43.3. The number of hydrogen-bond acceptors (Lipinski definition) is 3. The van der Waals surface area contributed by atoms with Crippen LogP contribution in [-0.2, 0) is 16.1 Å². The highest BCUT2D eigenvalue weighted by Crippen LogP contribution is 2.37. The lowest BCUT2D eigenvalue weighted by Crippen LogP contribution is -2.50. The van der Waals surface area contributed by atoms with Crippen molar-refractivity contribution in [3.63, 3.8) is 0 Å². The Kier molecular flexibility index (Phi) is 8.95. The second kappa shape index (κ2) is 12.2. The zero-order valence-corrected chi connectivity index (χ0v) is 23.5. The normalized spacial score (nSPS) is 14.0. The molecule has 8 heteroatoms.